The summed E-state index contributed by atoms with van der Waals surface area (Å²) in [4.78, 5) is 11.8. The van der Waals surface area contributed by atoms with Crippen LogP contribution < -0.4 is 5.32 Å². The van der Waals surface area contributed by atoms with Crippen molar-refractivity contribution in [1.82, 2.24) is 0 Å². The summed E-state index contributed by atoms with van der Waals surface area (Å²) in [6.07, 6.45) is -5.75. The highest BCUT2D eigenvalue weighted by Crippen LogP contribution is 2.31. The van der Waals surface area contributed by atoms with Crippen molar-refractivity contribution in [2.24, 2.45) is 0 Å². The smallest absolute Gasteiger partial charge is 0.326 e. The van der Waals surface area contributed by atoms with Crippen molar-refractivity contribution in [3.63, 3.8) is 0 Å². The van der Waals surface area contributed by atoms with Crippen LogP contribution in [0.3, 0.4) is 0 Å². The summed E-state index contributed by atoms with van der Waals surface area (Å²) in [5.74, 6) is -7.87. The lowest BCUT2D eigenvalue weighted by Crippen LogP contribution is -2.18. The van der Waals surface area contributed by atoms with Crippen molar-refractivity contribution in [1.29, 1.82) is 0 Å². The van der Waals surface area contributed by atoms with Crippen molar-refractivity contribution in [2.75, 3.05) is 5.32 Å². The summed E-state index contributed by atoms with van der Waals surface area (Å²) in [5.41, 5.74) is -3.36. The molecule has 0 unspecified atom stereocenters. The standard InChI is InChI=1S/C16H10F7NO/c1-7-12(17)14(19)10(15(20)13(7)18)6-11(25)24-9-4-2-3-8(5-9)16(21,22)23/h2-5H,6H2,1H3,(H,24,25). The number of anilines is 1. The zero-order chi connectivity index (χ0) is 18.9. The first kappa shape index (κ1) is 18.8. The number of halogens is 7. The molecule has 0 aromatic heterocycles. The van der Waals surface area contributed by atoms with E-state index in [0.717, 1.165) is 25.1 Å². The monoisotopic (exact) mass is 365 g/mol. The summed E-state index contributed by atoms with van der Waals surface area (Å²) in [6.45, 7) is 0.823. The van der Waals surface area contributed by atoms with Gasteiger partial charge in [-0.05, 0) is 25.1 Å². The molecule has 0 saturated carbocycles. The van der Waals surface area contributed by atoms with Crippen LogP contribution in [0.1, 0.15) is 16.7 Å². The molecule has 0 aliphatic rings. The van der Waals surface area contributed by atoms with E-state index in [9.17, 15) is 35.5 Å². The zero-order valence-corrected chi connectivity index (χ0v) is 12.6. The molecule has 0 bridgehead atoms. The van der Waals surface area contributed by atoms with Gasteiger partial charge in [0, 0.05) is 16.8 Å². The molecule has 134 valence electrons. The molecule has 2 aromatic carbocycles. The maximum Gasteiger partial charge on any atom is 0.416 e. The third-order valence-electron chi connectivity index (χ3n) is 3.38. The lowest BCUT2D eigenvalue weighted by molar-refractivity contribution is -0.137. The number of amides is 1. The van der Waals surface area contributed by atoms with Gasteiger partial charge in [-0.3, -0.25) is 4.79 Å². The van der Waals surface area contributed by atoms with Crippen molar-refractivity contribution >= 4 is 11.6 Å². The molecule has 1 amide bonds. The molecule has 0 saturated heterocycles. The van der Waals surface area contributed by atoms with E-state index in [1.165, 1.54) is 0 Å². The third kappa shape index (κ3) is 3.92. The molecule has 1 N–H and O–H groups in total. The molecule has 2 aromatic rings. The van der Waals surface area contributed by atoms with Crippen LogP contribution in [0.15, 0.2) is 24.3 Å². The van der Waals surface area contributed by atoms with E-state index < -0.39 is 58.5 Å². The molecule has 0 aliphatic heterocycles. The van der Waals surface area contributed by atoms with Crippen LogP contribution in [0.2, 0.25) is 0 Å². The highest BCUT2D eigenvalue weighted by molar-refractivity contribution is 5.92. The van der Waals surface area contributed by atoms with Crippen molar-refractivity contribution in [3.05, 3.63) is 64.2 Å². The molecule has 0 fully saturated rings. The van der Waals surface area contributed by atoms with E-state index in [4.69, 9.17) is 0 Å². The summed E-state index contributed by atoms with van der Waals surface area (Å²) in [5, 5.41) is 1.99. The Morgan fingerprint density at radius 3 is 2.08 bits per heavy atom. The number of rotatable bonds is 3. The van der Waals surface area contributed by atoms with Crippen LogP contribution in [0, 0.1) is 30.2 Å². The van der Waals surface area contributed by atoms with Crippen LogP contribution in [0.5, 0.6) is 0 Å². The van der Waals surface area contributed by atoms with E-state index in [0.29, 0.717) is 6.07 Å². The maximum absolute atomic E-state index is 13.7. The normalized spacial score (nSPS) is 11.5. The second-order valence-electron chi connectivity index (χ2n) is 5.16. The quantitative estimate of drug-likeness (QED) is 0.617. The van der Waals surface area contributed by atoms with Gasteiger partial charge < -0.3 is 5.32 Å². The molecule has 9 heteroatoms. The van der Waals surface area contributed by atoms with Gasteiger partial charge in [0.2, 0.25) is 5.91 Å². The summed E-state index contributed by atoms with van der Waals surface area (Å²) in [7, 11) is 0. The number of carbonyl (C=O) groups is 1. The first-order valence-electron chi connectivity index (χ1n) is 6.81. The van der Waals surface area contributed by atoms with Gasteiger partial charge >= 0.3 is 6.18 Å². The first-order chi connectivity index (χ1) is 11.5. The summed E-state index contributed by atoms with van der Waals surface area (Å²) >= 11 is 0. The lowest BCUT2D eigenvalue weighted by atomic mass is 10.1. The fourth-order valence-electron chi connectivity index (χ4n) is 2.08. The highest BCUT2D eigenvalue weighted by Gasteiger charge is 2.30. The number of carbonyl (C=O) groups excluding carboxylic acids is 1. The molecule has 0 atom stereocenters. The Kier molecular flexibility index (Phi) is 5.05. The van der Waals surface area contributed by atoms with Gasteiger partial charge in [0.05, 0.1) is 12.0 Å². The largest absolute Gasteiger partial charge is 0.416 e. The fourth-order valence-corrected chi connectivity index (χ4v) is 2.08. The SMILES string of the molecule is Cc1c(F)c(F)c(CC(=O)Nc2cccc(C(F)(F)F)c2)c(F)c1F. The number of nitrogens with one attached hydrogen (secondary N) is 1. The number of hydrogen-bond acceptors (Lipinski definition) is 1. The van der Waals surface area contributed by atoms with E-state index in [1.54, 1.807) is 0 Å². The molecule has 2 rings (SSSR count). The second-order valence-corrected chi connectivity index (χ2v) is 5.16. The van der Waals surface area contributed by atoms with E-state index >= 15 is 0 Å². The molecule has 0 aliphatic carbocycles. The van der Waals surface area contributed by atoms with Crippen LogP contribution in [-0.2, 0) is 17.4 Å². The van der Waals surface area contributed by atoms with Crippen molar-refractivity contribution < 1.29 is 35.5 Å². The van der Waals surface area contributed by atoms with Crippen LogP contribution in [-0.4, -0.2) is 5.91 Å². The van der Waals surface area contributed by atoms with E-state index in [-0.39, 0.29) is 5.69 Å². The molecule has 2 nitrogen and oxygen atoms in total. The van der Waals surface area contributed by atoms with Crippen LogP contribution in [0.25, 0.3) is 0 Å². The third-order valence-corrected chi connectivity index (χ3v) is 3.38. The van der Waals surface area contributed by atoms with Gasteiger partial charge in [-0.15, -0.1) is 0 Å². The van der Waals surface area contributed by atoms with E-state index in [1.807, 2.05) is 5.32 Å². The predicted molar refractivity (Wildman–Crippen MR) is 74.8 cm³/mol. The summed E-state index contributed by atoms with van der Waals surface area (Å²) < 4.78 is 92.1. The molecular weight excluding hydrogens is 355 g/mol. The van der Waals surface area contributed by atoms with Gasteiger partial charge in [0.1, 0.15) is 0 Å². The Morgan fingerprint density at radius 1 is 1.00 bits per heavy atom. The number of alkyl halides is 3. The second kappa shape index (κ2) is 6.73. The minimum Gasteiger partial charge on any atom is -0.326 e. The first-order valence-corrected chi connectivity index (χ1v) is 6.81. The molecule has 0 spiro atoms. The zero-order valence-electron chi connectivity index (χ0n) is 12.6. The van der Waals surface area contributed by atoms with Gasteiger partial charge in [0.25, 0.3) is 0 Å². The Balaban J connectivity index is 2.25. The topological polar surface area (TPSA) is 29.1 Å². The Bertz CT molecular complexity index is 801. The van der Waals surface area contributed by atoms with Gasteiger partial charge in [0.15, 0.2) is 23.3 Å². The van der Waals surface area contributed by atoms with E-state index in [2.05, 4.69) is 0 Å². The minimum absolute atomic E-state index is 0.284. The minimum atomic E-state index is -4.65. The fraction of sp³-hybridized carbons (Fsp3) is 0.188. The Morgan fingerprint density at radius 2 is 1.56 bits per heavy atom. The maximum atomic E-state index is 13.7. The van der Waals surface area contributed by atoms with Crippen LogP contribution >= 0.6 is 0 Å². The molecule has 0 radical (unpaired) electrons. The van der Waals surface area contributed by atoms with Crippen LogP contribution in [0.4, 0.5) is 36.4 Å². The number of hydrogen-bond donors (Lipinski definition) is 1. The Hall–Kier alpha value is -2.58. The molecule has 0 heterocycles. The average Bonchev–Trinajstić information content (AvgIpc) is 2.54. The average molecular weight is 365 g/mol. The van der Waals surface area contributed by atoms with Gasteiger partial charge in [-0.1, -0.05) is 6.07 Å². The number of benzene rings is 2. The van der Waals surface area contributed by atoms with Gasteiger partial charge in [-0.2, -0.15) is 13.2 Å². The molecular formula is C16H10F7NO. The highest BCUT2D eigenvalue weighted by atomic mass is 19.4. The summed E-state index contributed by atoms with van der Waals surface area (Å²) in [6, 6.07) is 3.52. The Labute approximate surface area is 137 Å². The lowest BCUT2D eigenvalue weighted by Gasteiger charge is -2.11. The molecule has 25 heavy (non-hydrogen) atoms. The van der Waals surface area contributed by atoms with Crippen molar-refractivity contribution in [3.8, 4) is 0 Å². The van der Waals surface area contributed by atoms with Crippen molar-refractivity contribution in [2.45, 2.75) is 19.5 Å². The van der Waals surface area contributed by atoms with Gasteiger partial charge in [-0.25, -0.2) is 17.6 Å². The predicted octanol–water partition coefficient (Wildman–Crippen LogP) is 4.75.